The molecule has 1 aliphatic rings. The maximum Gasteiger partial charge on any atom is 0.244 e. The molecule has 1 fully saturated rings. The SMILES string of the molecule is Cn1cc([C@H](NS(=O)(=O)c2ccc(F)c(F)c2F)C2CC(O)C2)cn1. The Morgan fingerprint density at radius 3 is 2.52 bits per heavy atom. The van der Waals surface area contributed by atoms with Crippen LogP contribution in [0.4, 0.5) is 13.2 Å². The van der Waals surface area contributed by atoms with Crippen LogP contribution in [0.25, 0.3) is 0 Å². The molecule has 3 rings (SSSR count). The van der Waals surface area contributed by atoms with Gasteiger partial charge in [-0.2, -0.15) is 5.10 Å². The first-order valence-corrected chi connectivity index (χ1v) is 9.00. The summed E-state index contributed by atoms with van der Waals surface area (Å²) in [5.74, 6) is -5.31. The molecule has 1 atom stereocenters. The minimum Gasteiger partial charge on any atom is -0.393 e. The van der Waals surface area contributed by atoms with Crippen LogP contribution in [0.15, 0.2) is 29.4 Å². The van der Waals surface area contributed by atoms with E-state index in [1.54, 1.807) is 13.2 Å². The van der Waals surface area contributed by atoms with E-state index >= 15 is 0 Å². The summed E-state index contributed by atoms with van der Waals surface area (Å²) in [5.41, 5.74) is 0.533. The molecule has 25 heavy (non-hydrogen) atoms. The third-order valence-electron chi connectivity index (χ3n) is 4.28. The molecule has 1 saturated carbocycles. The molecule has 1 aliphatic carbocycles. The molecule has 136 valence electrons. The van der Waals surface area contributed by atoms with Gasteiger partial charge >= 0.3 is 0 Å². The number of aromatic nitrogens is 2. The van der Waals surface area contributed by atoms with Crippen molar-refractivity contribution in [2.24, 2.45) is 13.0 Å². The second kappa shape index (κ2) is 6.43. The first-order valence-electron chi connectivity index (χ1n) is 7.51. The number of aliphatic hydroxyl groups excluding tert-OH is 1. The van der Waals surface area contributed by atoms with E-state index in [-0.39, 0.29) is 5.92 Å². The van der Waals surface area contributed by atoms with E-state index in [4.69, 9.17) is 0 Å². The van der Waals surface area contributed by atoms with Crippen molar-refractivity contribution >= 4 is 10.0 Å². The number of rotatable bonds is 5. The third kappa shape index (κ3) is 3.42. The molecule has 1 aromatic carbocycles. The number of hydrogen-bond acceptors (Lipinski definition) is 4. The van der Waals surface area contributed by atoms with Crippen LogP contribution in [0, 0.1) is 23.4 Å². The minimum absolute atomic E-state index is 0.220. The number of hydrogen-bond donors (Lipinski definition) is 2. The molecule has 1 heterocycles. The van der Waals surface area contributed by atoms with Crippen molar-refractivity contribution < 1.29 is 26.7 Å². The fourth-order valence-electron chi connectivity index (χ4n) is 2.89. The van der Waals surface area contributed by atoms with Crippen LogP contribution in [0.2, 0.25) is 0 Å². The van der Waals surface area contributed by atoms with Crippen LogP contribution in [0.5, 0.6) is 0 Å². The summed E-state index contributed by atoms with van der Waals surface area (Å²) >= 11 is 0. The second-order valence-corrected chi connectivity index (χ2v) is 7.79. The summed E-state index contributed by atoms with van der Waals surface area (Å²) in [5, 5.41) is 13.5. The average molecular weight is 375 g/mol. The largest absolute Gasteiger partial charge is 0.393 e. The highest BCUT2D eigenvalue weighted by Crippen LogP contribution is 2.39. The third-order valence-corrected chi connectivity index (χ3v) is 5.73. The molecule has 0 radical (unpaired) electrons. The van der Waals surface area contributed by atoms with E-state index in [1.165, 1.54) is 10.9 Å². The minimum atomic E-state index is -4.46. The van der Waals surface area contributed by atoms with Gasteiger partial charge in [0.15, 0.2) is 17.5 Å². The van der Waals surface area contributed by atoms with Gasteiger partial charge in [-0.1, -0.05) is 0 Å². The first kappa shape index (κ1) is 17.9. The van der Waals surface area contributed by atoms with Gasteiger partial charge in [0.1, 0.15) is 4.90 Å². The van der Waals surface area contributed by atoms with E-state index in [1.807, 2.05) is 0 Å². The topological polar surface area (TPSA) is 84.2 Å². The predicted octanol–water partition coefficient (Wildman–Crippen LogP) is 1.63. The molecular formula is C15H16F3N3O3S. The van der Waals surface area contributed by atoms with Crippen LogP contribution >= 0.6 is 0 Å². The Bertz CT molecular complexity index is 895. The number of aryl methyl sites for hydroxylation is 1. The lowest BCUT2D eigenvalue weighted by Crippen LogP contribution is -2.41. The quantitative estimate of drug-likeness (QED) is 0.778. The Kier molecular flexibility index (Phi) is 4.60. The van der Waals surface area contributed by atoms with Crippen molar-refractivity contribution in [3.05, 3.63) is 47.5 Å². The number of halogens is 3. The second-order valence-electron chi connectivity index (χ2n) is 6.11. The molecular weight excluding hydrogens is 359 g/mol. The summed E-state index contributed by atoms with van der Waals surface area (Å²) in [6.07, 6.45) is 3.25. The van der Waals surface area contributed by atoms with Crippen molar-refractivity contribution in [2.75, 3.05) is 0 Å². The fraction of sp³-hybridized carbons (Fsp3) is 0.400. The van der Waals surface area contributed by atoms with E-state index in [0.717, 1.165) is 0 Å². The highest BCUT2D eigenvalue weighted by Gasteiger charge is 2.38. The van der Waals surface area contributed by atoms with Crippen LogP contribution in [-0.2, 0) is 17.1 Å². The molecule has 0 unspecified atom stereocenters. The zero-order valence-electron chi connectivity index (χ0n) is 13.2. The molecule has 2 N–H and O–H groups in total. The van der Waals surface area contributed by atoms with Crippen LogP contribution in [-0.4, -0.2) is 29.4 Å². The zero-order valence-corrected chi connectivity index (χ0v) is 14.0. The summed E-state index contributed by atoms with van der Waals surface area (Å²) in [7, 11) is -2.80. The highest BCUT2D eigenvalue weighted by molar-refractivity contribution is 7.89. The van der Waals surface area contributed by atoms with Crippen LogP contribution in [0.3, 0.4) is 0 Å². The molecule has 0 amide bonds. The standard InChI is InChI=1S/C15H16F3N3O3S/c1-21-7-9(6-19-21)15(8-4-10(22)5-8)20-25(23,24)12-3-2-11(16)13(17)14(12)18/h2-3,6-8,10,15,20,22H,4-5H2,1H3/t8?,10?,15-/m1/s1. The Morgan fingerprint density at radius 1 is 1.28 bits per heavy atom. The average Bonchev–Trinajstić information content (AvgIpc) is 2.93. The number of benzene rings is 1. The van der Waals surface area contributed by atoms with Gasteiger partial charge in [-0.25, -0.2) is 26.3 Å². The molecule has 2 aromatic rings. The lowest BCUT2D eigenvalue weighted by Gasteiger charge is -2.37. The van der Waals surface area contributed by atoms with E-state index in [0.29, 0.717) is 30.5 Å². The summed E-state index contributed by atoms with van der Waals surface area (Å²) in [4.78, 5) is -0.972. The van der Waals surface area contributed by atoms with Gasteiger partial charge in [0.25, 0.3) is 0 Å². The molecule has 0 aliphatic heterocycles. The molecule has 1 aromatic heterocycles. The Balaban J connectivity index is 1.94. The Hall–Kier alpha value is -1.91. The van der Waals surface area contributed by atoms with Crippen molar-refractivity contribution in [2.45, 2.75) is 29.9 Å². The zero-order chi connectivity index (χ0) is 18.4. The molecule has 10 heteroatoms. The van der Waals surface area contributed by atoms with Gasteiger partial charge in [0.05, 0.1) is 18.3 Å². The van der Waals surface area contributed by atoms with Crippen molar-refractivity contribution in [1.82, 2.24) is 14.5 Å². The normalized spacial score (nSPS) is 21.8. The highest BCUT2D eigenvalue weighted by atomic mass is 32.2. The predicted molar refractivity (Wildman–Crippen MR) is 81.3 cm³/mol. The summed E-state index contributed by atoms with van der Waals surface area (Å²) in [6, 6.07) is 0.458. The smallest absolute Gasteiger partial charge is 0.244 e. The number of nitrogens with zero attached hydrogens (tertiary/aromatic N) is 2. The molecule has 0 saturated heterocycles. The van der Waals surface area contributed by atoms with Crippen molar-refractivity contribution in [3.63, 3.8) is 0 Å². The monoisotopic (exact) mass is 375 g/mol. The lowest BCUT2D eigenvalue weighted by molar-refractivity contribution is 0.0280. The molecule has 6 nitrogen and oxygen atoms in total. The Labute approximate surface area is 142 Å². The summed E-state index contributed by atoms with van der Waals surface area (Å²) < 4.78 is 69.1. The lowest BCUT2D eigenvalue weighted by atomic mass is 9.76. The van der Waals surface area contributed by atoms with Gasteiger partial charge in [-0.05, 0) is 30.9 Å². The van der Waals surface area contributed by atoms with Crippen molar-refractivity contribution in [1.29, 1.82) is 0 Å². The first-order chi connectivity index (χ1) is 11.7. The maximum atomic E-state index is 13.9. The Morgan fingerprint density at radius 2 is 1.96 bits per heavy atom. The number of aliphatic hydroxyl groups is 1. The fourth-order valence-corrected chi connectivity index (χ4v) is 4.25. The summed E-state index contributed by atoms with van der Waals surface area (Å²) in [6.45, 7) is 0. The van der Waals surface area contributed by atoms with Gasteiger partial charge in [-0.3, -0.25) is 4.68 Å². The van der Waals surface area contributed by atoms with Crippen LogP contribution in [0.1, 0.15) is 24.4 Å². The van der Waals surface area contributed by atoms with E-state index in [9.17, 15) is 26.7 Å². The van der Waals surface area contributed by atoms with Crippen molar-refractivity contribution in [3.8, 4) is 0 Å². The van der Waals surface area contributed by atoms with Gasteiger partial charge < -0.3 is 5.11 Å². The van der Waals surface area contributed by atoms with Crippen LogP contribution < -0.4 is 4.72 Å². The van der Waals surface area contributed by atoms with E-state index < -0.39 is 44.5 Å². The molecule has 0 bridgehead atoms. The maximum absolute atomic E-state index is 13.9. The van der Waals surface area contributed by atoms with Gasteiger partial charge in [0, 0.05) is 18.8 Å². The van der Waals surface area contributed by atoms with Gasteiger partial charge in [0.2, 0.25) is 10.0 Å². The van der Waals surface area contributed by atoms with E-state index in [2.05, 4.69) is 9.82 Å². The number of nitrogens with one attached hydrogen (secondary N) is 1. The number of sulfonamides is 1. The molecule has 0 spiro atoms. The van der Waals surface area contributed by atoms with Gasteiger partial charge in [-0.15, -0.1) is 0 Å².